The van der Waals surface area contributed by atoms with Crippen molar-refractivity contribution in [3.05, 3.63) is 51.9 Å². The molecular formula is C25H27F2N3O2S. The van der Waals surface area contributed by atoms with Crippen LogP contribution in [0.2, 0.25) is 0 Å². The molecule has 0 unspecified atom stereocenters. The second-order valence-electron chi connectivity index (χ2n) is 8.98. The van der Waals surface area contributed by atoms with E-state index in [1.807, 2.05) is 13.0 Å². The van der Waals surface area contributed by atoms with E-state index < -0.39 is 11.6 Å². The zero-order chi connectivity index (χ0) is 23.3. The van der Waals surface area contributed by atoms with Crippen LogP contribution in [0.4, 0.5) is 14.6 Å². The van der Waals surface area contributed by atoms with E-state index in [1.165, 1.54) is 18.6 Å². The highest BCUT2D eigenvalue weighted by Crippen LogP contribution is 2.46. The molecule has 0 N–H and O–H groups in total. The fourth-order valence-electron chi connectivity index (χ4n) is 5.15. The highest BCUT2D eigenvalue weighted by molar-refractivity contribution is 8.00. The summed E-state index contributed by atoms with van der Waals surface area (Å²) in [4.78, 5) is 20.9. The van der Waals surface area contributed by atoms with Crippen molar-refractivity contribution < 1.29 is 13.5 Å². The van der Waals surface area contributed by atoms with Gasteiger partial charge in [-0.05, 0) is 56.9 Å². The molecule has 3 heterocycles. The molecule has 2 atom stereocenters. The standard InChI is InChI=1S/C25H27F2N3O2S/c1-14-10-19-22-23(21(14)18-8-7-16(26)11-20(18)27)33-17(13-32-3)12-30(22)25(31)28-24(19)29-9-5-4-6-15(29)2/h7-8,10-11,15,17H,4-6,9,12-13H2,1-3H3/t15-,17-/m0/s1. The van der Waals surface area contributed by atoms with Crippen molar-refractivity contribution in [3.63, 3.8) is 0 Å². The number of thioether (sulfide) groups is 1. The van der Waals surface area contributed by atoms with E-state index >= 15 is 0 Å². The van der Waals surface area contributed by atoms with Gasteiger partial charge in [-0.25, -0.2) is 13.6 Å². The van der Waals surface area contributed by atoms with Crippen LogP contribution in [0.15, 0.2) is 34.0 Å². The number of ether oxygens (including phenoxy) is 1. The van der Waals surface area contributed by atoms with Gasteiger partial charge in [0, 0.05) is 53.7 Å². The van der Waals surface area contributed by atoms with Gasteiger partial charge >= 0.3 is 5.69 Å². The summed E-state index contributed by atoms with van der Waals surface area (Å²) < 4.78 is 35.7. The molecule has 2 aromatic carbocycles. The highest BCUT2D eigenvalue weighted by atomic mass is 32.2. The first-order chi connectivity index (χ1) is 15.9. The number of nitrogens with zero attached hydrogens (tertiary/aromatic N) is 3. The number of hydrogen-bond donors (Lipinski definition) is 0. The minimum Gasteiger partial charge on any atom is -0.383 e. The van der Waals surface area contributed by atoms with Crippen molar-refractivity contribution in [2.24, 2.45) is 0 Å². The first-order valence-electron chi connectivity index (χ1n) is 11.3. The van der Waals surface area contributed by atoms with Crippen LogP contribution in [0, 0.1) is 18.6 Å². The number of aryl methyl sites for hydroxylation is 1. The van der Waals surface area contributed by atoms with Gasteiger partial charge in [-0.3, -0.25) is 4.57 Å². The molecular weight excluding hydrogens is 444 g/mol. The Balaban J connectivity index is 1.83. The van der Waals surface area contributed by atoms with Gasteiger partial charge in [0.05, 0.1) is 17.4 Å². The summed E-state index contributed by atoms with van der Waals surface area (Å²) >= 11 is 1.60. The molecule has 0 bridgehead atoms. The normalized spacial score (nSPS) is 20.5. The maximum atomic E-state index is 14.9. The average Bonchev–Trinajstić information content (AvgIpc) is 2.77. The number of hydrogen-bond acceptors (Lipinski definition) is 5. The molecule has 8 heteroatoms. The van der Waals surface area contributed by atoms with Crippen molar-refractivity contribution in [1.29, 1.82) is 0 Å². The summed E-state index contributed by atoms with van der Waals surface area (Å²) in [6.07, 6.45) is 3.28. The van der Waals surface area contributed by atoms with E-state index in [4.69, 9.17) is 4.74 Å². The van der Waals surface area contributed by atoms with Crippen LogP contribution in [0.5, 0.6) is 0 Å². The first kappa shape index (κ1) is 22.3. The fourth-order valence-corrected chi connectivity index (χ4v) is 6.63. The minimum absolute atomic E-state index is 0.0194. The summed E-state index contributed by atoms with van der Waals surface area (Å²) in [5.74, 6) is -0.522. The van der Waals surface area contributed by atoms with Gasteiger partial charge in [-0.15, -0.1) is 11.8 Å². The van der Waals surface area contributed by atoms with Gasteiger partial charge in [0.2, 0.25) is 0 Å². The molecule has 0 amide bonds. The molecule has 33 heavy (non-hydrogen) atoms. The average molecular weight is 472 g/mol. The maximum Gasteiger partial charge on any atom is 0.350 e. The third-order valence-corrected chi connectivity index (χ3v) is 7.95. The van der Waals surface area contributed by atoms with Crippen LogP contribution in [0.1, 0.15) is 31.7 Å². The highest BCUT2D eigenvalue weighted by Gasteiger charge is 2.31. The molecule has 0 aliphatic carbocycles. The first-order valence-corrected chi connectivity index (χ1v) is 12.2. The van der Waals surface area contributed by atoms with E-state index in [-0.39, 0.29) is 10.9 Å². The van der Waals surface area contributed by atoms with Gasteiger partial charge in [-0.1, -0.05) is 0 Å². The molecule has 5 nitrogen and oxygen atoms in total. The predicted octanol–water partition coefficient (Wildman–Crippen LogP) is 5.15. The number of methoxy groups -OCH3 is 1. The largest absolute Gasteiger partial charge is 0.383 e. The van der Waals surface area contributed by atoms with Crippen molar-refractivity contribution >= 4 is 28.5 Å². The van der Waals surface area contributed by atoms with Crippen molar-refractivity contribution in [3.8, 4) is 11.1 Å². The summed E-state index contributed by atoms with van der Waals surface area (Å²) in [5.41, 5.74) is 2.38. The number of benzene rings is 2. The third kappa shape index (κ3) is 3.83. The van der Waals surface area contributed by atoms with Crippen LogP contribution >= 0.6 is 11.8 Å². The topological polar surface area (TPSA) is 47.4 Å². The van der Waals surface area contributed by atoms with Crippen LogP contribution < -0.4 is 10.6 Å². The Labute approximate surface area is 195 Å². The van der Waals surface area contributed by atoms with Crippen LogP contribution in [-0.4, -0.2) is 41.1 Å². The molecule has 0 saturated carbocycles. The molecule has 174 valence electrons. The number of anilines is 1. The Bertz CT molecular complexity index is 1290. The Morgan fingerprint density at radius 1 is 1.24 bits per heavy atom. The number of aromatic nitrogens is 2. The smallest absolute Gasteiger partial charge is 0.350 e. The van der Waals surface area contributed by atoms with E-state index in [1.54, 1.807) is 23.4 Å². The Morgan fingerprint density at radius 2 is 2.06 bits per heavy atom. The number of piperidine rings is 1. The van der Waals surface area contributed by atoms with Crippen LogP contribution in [0.25, 0.3) is 22.0 Å². The number of rotatable bonds is 4. The summed E-state index contributed by atoms with van der Waals surface area (Å²) in [5, 5.41) is 0.888. The lowest BCUT2D eigenvalue weighted by atomic mass is 9.96. The monoisotopic (exact) mass is 471 g/mol. The van der Waals surface area contributed by atoms with E-state index in [0.717, 1.165) is 46.8 Å². The Hall–Kier alpha value is -2.45. The van der Waals surface area contributed by atoms with Gasteiger partial charge < -0.3 is 9.64 Å². The lowest BCUT2D eigenvalue weighted by Crippen LogP contribution is -2.41. The second kappa shape index (κ2) is 8.72. The van der Waals surface area contributed by atoms with Crippen LogP contribution in [-0.2, 0) is 11.3 Å². The number of halogens is 2. The SMILES string of the molecule is COC[C@@H]1Cn2c(=O)nc(N3CCCC[C@@H]3C)c3cc(C)c(-c4ccc(F)cc4F)c(c32)S1. The van der Waals surface area contributed by atoms with Crippen molar-refractivity contribution in [2.45, 2.75) is 55.8 Å². The Morgan fingerprint density at radius 3 is 2.79 bits per heavy atom. The zero-order valence-corrected chi connectivity index (χ0v) is 19.8. The summed E-state index contributed by atoms with van der Waals surface area (Å²) in [6, 6.07) is 5.96. The van der Waals surface area contributed by atoms with Gasteiger partial charge in [0.25, 0.3) is 0 Å². The maximum absolute atomic E-state index is 14.9. The molecule has 0 radical (unpaired) electrons. The van der Waals surface area contributed by atoms with Crippen molar-refractivity contribution in [2.75, 3.05) is 25.2 Å². The van der Waals surface area contributed by atoms with E-state index in [2.05, 4.69) is 16.8 Å². The summed E-state index contributed by atoms with van der Waals surface area (Å²) in [6.45, 7) is 5.88. The molecule has 1 saturated heterocycles. The zero-order valence-electron chi connectivity index (χ0n) is 19.0. The van der Waals surface area contributed by atoms with Gasteiger partial charge in [0.1, 0.15) is 17.5 Å². The molecule has 0 spiro atoms. The van der Waals surface area contributed by atoms with Crippen LogP contribution in [0.3, 0.4) is 0 Å². The lowest BCUT2D eigenvalue weighted by Gasteiger charge is -2.36. The van der Waals surface area contributed by atoms with Gasteiger partial charge in [-0.2, -0.15) is 4.98 Å². The molecule has 2 aliphatic heterocycles. The molecule has 1 aromatic heterocycles. The third-order valence-electron chi connectivity index (χ3n) is 6.69. The van der Waals surface area contributed by atoms with E-state index in [9.17, 15) is 13.6 Å². The van der Waals surface area contributed by atoms with Crippen molar-refractivity contribution in [1.82, 2.24) is 9.55 Å². The second-order valence-corrected chi connectivity index (χ2v) is 10.3. The fraction of sp³-hybridized carbons (Fsp3) is 0.440. The molecule has 1 fully saturated rings. The Kier molecular flexibility index (Phi) is 5.91. The quantitative estimate of drug-likeness (QED) is 0.527. The summed E-state index contributed by atoms with van der Waals surface area (Å²) in [7, 11) is 1.63. The molecule has 5 rings (SSSR count). The van der Waals surface area contributed by atoms with Gasteiger partial charge in [0.15, 0.2) is 0 Å². The molecule has 2 aliphatic rings. The minimum atomic E-state index is -0.615. The lowest BCUT2D eigenvalue weighted by molar-refractivity contribution is 0.194. The van der Waals surface area contributed by atoms with E-state index in [0.29, 0.717) is 36.1 Å². The molecule has 3 aromatic rings. The predicted molar refractivity (Wildman–Crippen MR) is 128 cm³/mol.